The van der Waals surface area contributed by atoms with Gasteiger partial charge in [-0.2, -0.15) is 0 Å². The zero-order valence-corrected chi connectivity index (χ0v) is 10.3. The van der Waals surface area contributed by atoms with Crippen LogP contribution >= 0.6 is 0 Å². The molecule has 0 saturated carbocycles. The lowest BCUT2D eigenvalue weighted by Gasteiger charge is -2.07. The highest BCUT2D eigenvalue weighted by molar-refractivity contribution is 5.96. The fraction of sp³-hybridized carbons (Fsp3) is 0.231. The van der Waals surface area contributed by atoms with Crippen molar-refractivity contribution in [2.45, 2.75) is 13.5 Å². The third kappa shape index (κ3) is 2.51. The molecular weight excluding hydrogens is 228 g/mol. The van der Waals surface area contributed by atoms with Crippen LogP contribution in [-0.2, 0) is 6.54 Å². The Kier molecular flexibility index (Phi) is 3.62. The van der Waals surface area contributed by atoms with Gasteiger partial charge in [0.05, 0.1) is 6.33 Å². The van der Waals surface area contributed by atoms with Crippen molar-refractivity contribution < 1.29 is 4.79 Å². The van der Waals surface area contributed by atoms with E-state index < -0.39 is 5.91 Å². The van der Waals surface area contributed by atoms with Crippen molar-refractivity contribution >= 4 is 11.7 Å². The summed E-state index contributed by atoms with van der Waals surface area (Å²) in [7, 11) is 0. The zero-order valence-electron chi connectivity index (χ0n) is 10.3. The van der Waals surface area contributed by atoms with Crippen LogP contribution in [0, 0.1) is 0 Å². The molecule has 1 aromatic carbocycles. The number of rotatable bonds is 5. The molecule has 0 spiro atoms. The van der Waals surface area contributed by atoms with Crippen molar-refractivity contribution in [1.82, 2.24) is 9.55 Å². The van der Waals surface area contributed by atoms with Crippen molar-refractivity contribution in [1.29, 1.82) is 0 Å². The first-order valence-electron chi connectivity index (χ1n) is 5.85. The van der Waals surface area contributed by atoms with Gasteiger partial charge in [-0.05, 0) is 12.5 Å². The lowest BCUT2D eigenvalue weighted by Crippen LogP contribution is -2.19. The molecule has 0 bridgehead atoms. The molecule has 1 aromatic heterocycles. The number of anilines is 1. The van der Waals surface area contributed by atoms with Gasteiger partial charge in [0.25, 0.3) is 5.91 Å². The van der Waals surface area contributed by atoms with E-state index in [2.05, 4.69) is 10.3 Å². The van der Waals surface area contributed by atoms with Gasteiger partial charge in [-0.25, -0.2) is 4.98 Å². The third-order valence-corrected chi connectivity index (χ3v) is 2.61. The molecule has 1 amide bonds. The highest BCUT2D eigenvalue weighted by Crippen LogP contribution is 2.14. The first-order valence-corrected chi connectivity index (χ1v) is 5.85. The summed E-state index contributed by atoms with van der Waals surface area (Å²) in [6.45, 7) is 3.22. The summed E-state index contributed by atoms with van der Waals surface area (Å²) in [6, 6.07) is 9.87. The van der Waals surface area contributed by atoms with Crippen LogP contribution in [0.25, 0.3) is 0 Å². The van der Waals surface area contributed by atoms with Crippen LogP contribution in [0.2, 0.25) is 0 Å². The van der Waals surface area contributed by atoms with Gasteiger partial charge in [0.1, 0.15) is 0 Å². The Labute approximate surface area is 106 Å². The monoisotopic (exact) mass is 244 g/mol. The predicted molar refractivity (Wildman–Crippen MR) is 70.5 cm³/mol. The van der Waals surface area contributed by atoms with E-state index in [4.69, 9.17) is 5.73 Å². The SMILES string of the molecule is CCNc1ncn(Cc2ccccc2)c1C(N)=O. The van der Waals surface area contributed by atoms with E-state index in [0.29, 0.717) is 24.6 Å². The molecule has 18 heavy (non-hydrogen) atoms. The molecule has 0 unspecified atom stereocenters. The van der Waals surface area contributed by atoms with E-state index in [1.165, 1.54) is 0 Å². The third-order valence-electron chi connectivity index (χ3n) is 2.61. The lowest BCUT2D eigenvalue weighted by molar-refractivity contribution is 0.0992. The van der Waals surface area contributed by atoms with Crippen LogP contribution in [0.5, 0.6) is 0 Å². The van der Waals surface area contributed by atoms with Crippen LogP contribution in [-0.4, -0.2) is 22.0 Å². The van der Waals surface area contributed by atoms with Crippen LogP contribution < -0.4 is 11.1 Å². The average molecular weight is 244 g/mol. The highest BCUT2D eigenvalue weighted by Gasteiger charge is 2.15. The van der Waals surface area contributed by atoms with Gasteiger partial charge < -0.3 is 15.6 Å². The van der Waals surface area contributed by atoms with E-state index in [0.717, 1.165) is 5.56 Å². The second-order valence-corrected chi connectivity index (χ2v) is 3.95. The first kappa shape index (κ1) is 12.2. The Hall–Kier alpha value is -2.30. The van der Waals surface area contributed by atoms with Crippen LogP contribution in [0.4, 0.5) is 5.82 Å². The molecule has 94 valence electrons. The quantitative estimate of drug-likeness (QED) is 0.836. The summed E-state index contributed by atoms with van der Waals surface area (Å²) in [6.07, 6.45) is 1.63. The van der Waals surface area contributed by atoms with E-state index in [1.807, 2.05) is 37.3 Å². The summed E-state index contributed by atoms with van der Waals surface area (Å²) in [5.41, 5.74) is 6.92. The van der Waals surface area contributed by atoms with E-state index >= 15 is 0 Å². The van der Waals surface area contributed by atoms with Gasteiger partial charge in [0, 0.05) is 13.1 Å². The topological polar surface area (TPSA) is 72.9 Å². The van der Waals surface area contributed by atoms with Crippen molar-refractivity contribution in [3.63, 3.8) is 0 Å². The maximum atomic E-state index is 11.5. The number of aromatic nitrogens is 2. The van der Waals surface area contributed by atoms with Crippen molar-refractivity contribution in [3.8, 4) is 0 Å². The molecule has 0 aliphatic rings. The number of benzene rings is 1. The Balaban J connectivity index is 2.30. The highest BCUT2D eigenvalue weighted by atomic mass is 16.1. The summed E-state index contributed by atoms with van der Waals surface area (Å²) in [4.78, 5) is 15.7. The Morgan fingerprint density at radius 3 is 2.72 bits per heavy atom. The lowest BCUT2D eigenvalue weighted by atomic mass is 10.2. The minimum Gasteiger partial charge on any atom is -0.368 e. The number of imidazole rings is 1. The zero-order chi connectivity index (χ0) is 13.0. The Morgan fingerprint density at radius 2 is 2.11 bits per heavy atom. The normalized spacial score (nSPS) is 10.3. The van der Waals surface area contributed by atoms with Crippen molar-refractivity contribution in [2.75, 3.05) is 11.9 Å². The Bertz CT molecular complexity index is 533. The molecule has 5 nitrogen and oxygen atoms in total. The number of carbonyl (C=O) groups excluding carboxylic acids is 1. The second-order valence-electron chi connectivity index (χ2n) is 3.95. The largest absolute Gasteiger partial charge is 0.368 e. The Morgan fingerprint density at radius 1 is 1.39 bits per heavy atom. The van der Waals surface area contributed by atoms with E-state index in [-0.39, 0.29) is 0 Å². The smallest absolute Gasteiger partial charge is 0.269 e. The van der Waals surface area contributed by atoms with Gasteiger partial charge in [-0.1, -0.05) is 30.3 Å². The fourth-order valence-corrected chi connectivity index (χ4v) is 1.84. The van der Waals surface area contributed by atoms with Crippen molar-refractivity contribution in [2.24, 2.45) is 5.73 Å². The molecule has 0 fully saturated rings. The van der Waals surface area contributed by atoms with Gasteiger partial charge >= 0.3 is 0 Å². The number of nitrogens with two attached hydrogens (primary N) is 1. The van der Waals surface area contributed by atoms with E-state index in [1.54, 1.807) is 10.9 Å². The molecule has 2 rings (SSSR count). The summed E-state index contributed by atoms with van der Waals surface area (Å²) >= 11 is 0. The molecule has 5 heteroatoms. The number of nitrogens with zero attached hydrogens (tertiary/aromatic N) is 2. The number of primary amides is 1. The average Bonchev–Trinajstić information content (AvgIpc) is 2.74. The van der Waals surface area contributed by atoms with Gasteiger partial charge in [0.2, 0.25) is 0 Å². The van der Waals surface area contributed by atoms with Crippen LogP contribution in [0.15, 0.2) is 36.7 Å². The number of carbonyl (C=O) groups is 1. The van der Waals surface area contributed by atoms with Gasteiger partial charge in [-0.15, -0.1) is 0 Å². The molecular formula is C13H16N4O. The van der Waals surface area contributed by atoms with Gasteiger partial charge in [-0.3, -0.25) is 4.79 Å². The number of hydrogen-bond acceptors (Lipinski definition) is 3. The molecule has 3 N–H and O–H groups in total. The second kappa shape index (κ2) is 5.35. The summed E-state index contributed by atoms with van der Waals surface area (Å²) in [5.74, 6) is 0.0697. The van der Waals surface area contributed by atoms with Gasteiger partial charge in [0.15, 0.2) is 11.5 Å². The van der Waals surface area contributed by atoms with E-state index in [9.17, 15) is 4.79 Å². The summed E-state index contributed by atoms with van der Waals surface area (Å²) < 4.78 is 1.76. The molecule has 0 radical (unpaired) electrons. The van der Waals surface area contributed by atoms with Crippen LogP contribution in [0.1, 0.15) is 23.0 Å². The molecule has 0 saturated heterocycles. The molecule has 0 atom stereocenters. The predicted octanol–water partition coefficient (Wildman–Crippen LogP) is 1.46. The standard InChI is InChI=1S/C13H16N4O/c1-2-15-13-11(12(14)18)17(9-16-13)8-10-6-4-3-5-7-10/h3-7,9,15H,2,8H2,1H3,(H2,14,18). The number of hydrogen-bond donors (Lipinski definition) is 2. The first-order chi connectivity index (χ1) is 8.72. The minimum atomic E-state index is -0.473. The molecule has 0 aliphatic carbocycles. The van der Waals surface area contributed by atoms with Crippen molar-refractivity contribution in [3.05, 3.63) is 47.9 Å². The van der Waals surface area contributed by atoms with Crippen LogP contribution in [0.3, 0.4) is 0 Å². The number of nitrogens with one attached hydrogen (secondary N) is 1. The summed E-state index contributed by atoms with van der Waals surface area (Å²) in [5, 5.41) is 3.03. The minimum absolute atomic E-state index is 0.417. The maximum Gasteiger partial charge on any atom is 0.269 e. The molecule has 2 aromatic rings. The molecule has 0 aliphatic heterocycles. The maximum absolute atomic E-state index is 11.5. The fourth-order valence-electron chi connectivity index (χ4n) is 1.84. The molecule has 1 heterocycles. The number of amides is 1.